The van der Waals surface area contributed by atoms with E-state index in [-0.39, 0.29) is 5.75 Å². The summed E-state index contributed by atoms with van der Waals surface area (Å²) in [6.45, 7) is 0. The summed E-state index contributed by atoms with van der Waals surface area (Å²) < 4.78 is 5.13. The summed E-state index contributed by atoms with van der Waals surface area (Å²) in [4.78, 5) is 8.41. The van der Waals surface area contributed by atoms with E-state index in [1.54, 1.807) is 12.1 Å². The number of aromatic hydroxyl groups is 1. The number of phenolic OH excluding ortho intramolecular Hbond substituents is 1. The summed E-state index contributed by atoms with van der Waals surface area (Å²) in [6, 6.07) is 10.7. The van der Waals surface area contributed by atoms with Gasteiger partial charge in [-0.2, -0.15) is 0 Å². The molecule has 22 heavy (non-hydrogen) atoms. The van der Waals surface area contributed by atoms with E-state index in [9.17, 15) is 5.11 Å². The number of nitrogens with one attached hydrogen (secondary N) is 1. The van der Waals surface area contributed by atoms with E-state index in [4.69, 9.17) is 11.2 Å². The van der Waals surface area contributed by atoms with Gasteiger partial charge in [0.1, 0.15) is 12.1 Å². The van der Waals surface area contributed by atoms with Gasteiger partial charge in [-0.05, 0) is 24.3 Å². The molecule has 2 aromatic carbocycles. The van der Waals surface area contributed by atoms with Crippen molar-refractivity contribution in [1.82, 2.24) is 9.97 Å². The first kappa shape index (κ1) is 13.7. The second-order valence-electron chi connectivity index (χ2n) is 4.61. The third-order valence-corrected chi connectivity index (χ3v) is 3.23. The summed E-state index contributed by atoms with van der Waals surface area (Å²) in [7, 11) is 1.49. The van der Waals surface area contributed by atoms with Crippen molar-refractivity contribution in [2.75, 3.05) is 12.4 Å². The molecule has 0 atom stereocenters. The number of ether oxygens (including phenoxy) is 1. The molecule has 5 nitrogen and oxygen atoms in total. The lowest BCUT2D eigenvalue weighted by atomic mass is 10.2. The van der Waals surface area contributed by atoms with Gasteiger partial charge in [0.2, 0.25) is 0 Å². The largest absolute Gasteiger partial charge is 0.504 e. The van der Waals surface area contributed by atoms with Crippen LogP contribution in [0.15, 0.2) is 42.7 Å². The lowest BCUT2D eigenvalue weighted by molar-refractivity contribution is 0.374. The van der Waals surface area contributed by atoms with Gasteiger partial charge in [0, 0.05) is 22.7 Å². The molecule has 0 amide bonds. The number of benzene rings is 2. The Balaban J connectivity index is 2.08. The van der Waals surface area contributed by atoms with E-state index in [2.05, 4.69) is 21.2 Å². The smallest absolute Gasteiger partial charge is 0.161 e. The predicted octanol–water partition coefficient (Wildman–Crippen LogP) is 3.07. The Morgan fingerprint density at radius 1 is 1.23 bits per heavy atom. The maximum atomic E-state index is 9.83. The van der Waals surface area contributed by atoms with Gasteiger partial charge < -0.3 is 15.2 Å². The van der Waals surface area contributed by atoms with E-state index in [1.807, 2.05) is 24.3 Å². The number of hydrogen-bond acceptors (Lipinski definition) is 5. The summed E-state index contributed by atoms with van der Waals surface area (Å²) in [5.41, 5.74) is 2.21. The number of terminal acetylenes is 1. The minimum atomic E-state index is 0.0361. The zero-order chi connectivity index (χ0) is 15.5. The van der Waals surface area contributed by atoms with E-state index >= 15 is 0 Å². The lowest BCUT2D eigenvalue weighted by Gasteiger charge is -2.10. The van der Waals surface area contributed by atoms with E-state index < -0.39 is 0 Å². The van der Waals surface area contributed by atoms with Crippen molar-refractivity contribution in [2.24, 2.45) is 0 Å². The minimum absolute atomic E-state index is 0.0361. The van der Waals surface area contributed by atoms with Crippen molar-refractivity contribution in [1.29, 1.82) is 0 Å². The average molecular weight is 291 g/mol. The first-order chi connectivity index (χ1) is 10.7. The molecule has 1 aromatic heterocycles. The SMILES string of the molecule is C#Cc1cccc(Nc2ncnc3cc(O)c(OC)cc23)c1. The number of anilines is 2. The van der Waals surface area contributed by atoms with Crippen LogP contribution >= 0.6 is 0 Å². The van der Waals surface area contributed by atoms with Crippen molar-refractivity contribution in [2.45, 2.75) is 0 Å². The molecule has 0 fully saturated rings. The van der Waals surface area contributed by atoms with Crippen LogP contribution in [0.25, 0.3) is 10.9 Å². The molecule has 0 aliphatic carbocycles. The molecule has 108 valence electrons. The fourth-order valence-electron chi connectivity index (χ4n) is 2.16. The zero-order valence-corrected chi connectivity index (χ0v) is 11.9. The summed E-state index contributed by atoms with van der Waals surface area (Å²) in [5.74, 6) is 3.60. The van der Waals surface area contributed by atoms with Gasteiger partial charge in [-0.25, -0.2) is 9.97 Å². The second kappa shape index (κ2) is 5.62. The Morgan fingerprint density at radius 2 is 2.09 bits per heavy atom. The van der Waals surface area contributed by atoms with Crippen LogP contribution in [-0.2, 0) is 0 Å². The number of rotatable bonds is 3. The monoisotopic (exact) mass is 291 g/mol. The number of fused-ring (bicyclic) bond motifs is 1. The lowest BCUT2D eigenvalue weighted by Crippen LogP contribution is -1.97. The second-order valence-corrected chi connectivity index (χ2v) is 4.61. The third-order valence-electron chi connectivity index (χ3n) is 3.23. The van der Waals surface area contributed by atoms with Gasteiger partial charge in [-0.3, -0.25) is 0 Å². The van der Waals surface area contributed by atoms with Crippen LogP contribution < -0.4 is 10.1 Å². The highest BCUT2D eigenvalue weighted by Crippen LogP contribution is 2.33. The van der Waals surface area contributed by atoms with Gasteiger partial charge in [-0.1, -0.05) is 12.0 Å². The Hall–Kier alpha value is -3.26. The molecule has 0 radical (unpaired) electrons. The standard InChI is InChI=1S/C17H13N3O2/c1-3-11-5-4-6-12(7-11)20-17-13-8-16(22-2)15(21)9-14(13)18-10-19-17/h1,4-10,21H,2H3,(H,18,19,20). The Kier molecular flexibility index (Phi) is 3.50. The number of aromatic nitrogens is 2. The number of hydrogen-bond donors (Lipinski definition) is 2. The fourth-order valence-corrected chi connectivity index (χ4v) is 2.16. The topological polar surface area (TPSA) is 67.3 Å². The Bertz CT molecular complexity index is 885. The molecule has 0 spiro atoms. The highest BCUT2D eigenvalue weighted by molar-refractivity contribution is 5.93. The number of methoxy groups -OCH3 is 1. The summed E-state index contributed by atoms with van der Waals surface area (Å²) in [6.07, 6.45) is 6.84. The van der Waals surface area contributed by atoms with Gasteiger partial charge in [0.05, 0.1) is 12.6 Å². The highest BCUT2D eigenvalue weighted by atomic mass is 16.5. The van der Waals surface area contributed by atoms with Gasteiger partial charge >= 0.3 is 0 Å². The minimum Gasteiger partial charge on any atom is -0.504 e. The molecule has 0 aliphatic heterocycles. The Labute approximate surface area is 127 Å². The van der Waals surface area contributed by atoms with Crippen LogP contribution in [0.2, 0.25) is 0 Å². The van der Waals surface area contributed by atoms with Gasteiger partial charge in [-0.15, -0.1) is 6.42 Å². The van der Waals surface area contributed by atoms with Gasteiger partial charge in [0.15, 0.2) is 11.5 Å². The molecular formula is C17H13N3O2. The van der Waals surface area contributed by atoms with Crippen molar-refractivity contribution in [3.05, 3.63) is 48.3 Å². The zero-order valence-electron chi connectivity index (χ0n) is 11.9. The molecule has 0 aliphatic rings. The molecule has 2 N–H and O–H groups in total. The van der Waals surface area contributed by atoms with Crippen LogP contribution in [0.3, 0.4) is 0 Å². The molecule has 3 aromatic rings. The first-order valence-corrected chi connectivity index (χ1v) is 6.56. The quantitative estimate of drug-likeness (QED) is 0.726. The molecule has 5 heteroatoms. The number of nitrogens with zero attached hydrogens (tertiary/aromatic N) is 2. The predicted molar refractivity (Wildman–Crippen MR) is 85.4 cm³/mol. The molecule has 0 saturated carbocycles. The molecule has 0 unspecified atom stereocenters. The van der Waals surface area contributed by atoms with Crippen molar-refractivity contribution < 1.29 is 9.84 Å². The van der Waals surface area contributed by atoms with Crippen LogP contribution in [0.4, 0.5) is 11.5 Å². The molecule has 1 heterocycles. The fraction of sp³-hybridized carbons (Fsp3) is 0.0588. The van der Waals surface area contributed by atoms with E-state index in [1.165, 1.54) is 13.4 Å². The maximum Gasteiger partial charge on any atom is 0.161 e. The summed E-state index contributed by atoms with van der Waals surface area (Å²) in [5, 5.41) is 13.8. The summed E-state index contributed by atoms with van der Waals surface area (Å²) >= 11 is 0. The van der Waals surface area contributed by atoms with Crippen LogP contribution in [0.1, 0.15) is 5.56 Å². The molecule has 3 rings (SSSR count). The van der Waals surface area contributed by atoms with Crippen LogP contribution in [0, 0.1) is 12.3 Å². The van der Waals surface area contributed by atoms with Crippen LogP contribution in [0.5, 0.6) is 11.5 Å². The molecule has 0 bridgehead atoms. The van der Waals surface area contributed by atoms with Crippen molar-refractivity contribution in [3.8, 4) is 23.8 Å². The third kappa shape index (κ3) is 2.50. The van der Waals surface area contributed by atoms with Gasteiger partial charge in [0.25, 0.3) is 0 Å². The maximum absolute atomic E-state index is 9.83. The van der Waals surface area contributed by atoms with Crippen LogP contribution in [-0.4, -0.2) is 22.2 Å². The van der Waals surface area contributed by atoms with Crippen molar-refractivity contribution in [3.63, 3.8) is 0 Å². The van der Waals surface area contributed by atoms with Crippen molar-refractivity contribution >= 4 is 22.4 Å². The Morgan fingerprint density at radius 3 is 2.86 bits per heavy atom. The number of phenols is 1. The normalized spacial score (nSPS) is 10.2. The average Bonchev–Trinajstić information content (AvgIpc) is 2.54. The van der Waals surface area contributed by atoms with E-state index in [0.717, 1.165) is 16.6 Å². The highest BCUT2D eigenvalue weighted by Gasteiger charge is 2.10. The molecular weight excluding hydrogens is 278 g/mol. The first-order valence-electron chi connectivity index (χ1n) is 6.56. The van der Waals surface area contributed by atoms with E-state index in [0.29, 0.717) is 17.1 Å². The molecule has 0 saturated heterocycles.